The van der Waals surface area contributed by atoms with Crippen LogP contribution in [0.5, 0.6) is 0 Å². The second kappa shape index (κ2) is 8.14. The van der Waals surface area contributed by atoms with Crippen molar-refractivity contribution in [2.75, 3.05) is 10.5 Å². The van der Waals surface area contributed by atoms with Crippen LogP contribution >= 0.6 is 0 Å². The van der Waals surface area contributed by atoms with Crippen LogP contribution < -0.4 is 9.86 Å². The Morgan fingerprint density at radius 2 is 1.71 bits per heavy atom. The molecule has 3 N–H and O–H groups in total. The first-order chi connectivity index (χ1) is 14.7. The quantitative estimate of drug-likeness (QED) is 0.438. The molecule has 4 rings (SSSR count). The molecule has 2 heterocycles. The summed E-state index contributed by atoms with van der Waals surface area (Å²) in [5.41, 5.74) is 2.37. The smallest absolute Gasteiger partial charge is 0.241 e. The maximum atomic E-state index is 12.5. The van der Waals surface area contributed by atoms with E-state index in [9.17, 15) is 16.8 Å². The van der Waals surface area contributed by atoms with Crippen LogP contribution in [-0.2, 0) is 26.5 Å². The fraction of sp³-hybridized carbons (Fsp3) is 0.0952. The molecule has 0 atom stereocenters. The van der Waals surface area contributed by atoms with Crippen molar-refractivity contribution in [2.24, 2.45) is 5.14 Å². The average Bonchev–Trinajstić information content (AvgIpc) is 3.16. The summed E-state index contributed by atoms with van der Waals surface area (Å²) in [6.07, 6.45) is 2.53. The van der Waals surface area contributed by atoms with Crippen molar-refractivity contribution < 1.29 is 21.3 Å². The van der Waals surface area contributed by atoms with E-state index in [0.29, 0.717) is 0 Å². The maximum absolute atomic E-state index is 12.5. The molecule has 0 aliphatic carbocycles. The zero-order chi connectivity index (χ0) is 22.1. The van der Waals surface area contributed by atoms with Crippen LogP contribution in [-0.4, -0.2) is 27.6 Å². The number of pyridine rings is 1. The van der Waals surface area contributed by atoms with Crippen LogP contribution in [0, 0.1) is 0 Å². The maximum Gasteiger partial charge on any atom is 0.241 e. The summed E-state index contributed by atoms with van der Waals surface area (Å²) in [6.45, 7) is 0. The number of fused-ring (bicyclic) bond motifs is 1. The highest BCUT2D eigenvalue weighted by molar-refractivity contribution is 7.93. The zero-order valence-electron chi connectivity index (χ0n) is 16.2. The second-order valence-corrected chi connectivity index (χ2v) is 10.3. The molecule has 0 saturated carbocycles. The molecule has 31 heavy (non-hydrogen) atoms. The lowest BCUT2D eigenvalue weighted by Crippen LogP contribution is -2.21. The van der Waals surface area contributed by atoms with Crippen molar-refractivity contribution in [1.82, 2.24) is 4.98 Å². The number of primary sulfonamides is 1. The summed E-state index contributed by atoms with van der Waals surface area (Å²) in [4.78, 5) is 3.30. The van der Waals surface area contributed by atoms with Gasteiger partial charge in [-0.3, -0.25) is 9.71 Å². The van der Waals surface area contributed by atoms with E-state index in [1.54, 1.807) is 0 Å². The zero-order valence-corrected chi connectivity index (χ0v) is 17.9. The van der Waals surface area contributed by atoms with Gasteiger partial charge in [0.1, 0.15) is 16.2 Å². The molecular formula is C21H19N3O5S2. The number of aryl methyl sites for hydroxylation is 1. The minimum Gasteiger partial charge on any atom is -0.456 e. The minimum atomic E-state index is -4.11. The van der Waals surface area contributed by atoms with Crippen molar-refractivity contribution in [1.29, 1.82) is 0 Å². The monoisotopic (exact) mass is 457 g/mol. The summed E-state index contributed by atoms with van der Waals surface area (Å²) in [5.74, 6) is 0.499. The number of hydrogen-bond acceptors (Lipinski definition) is 6. The number of rotatable bonds is 7. The predicted molar refractivity (Wildman–Crippen MR) is 118 cm³/mol. The number of sulfonamides is 2. The fourth-order valence-corrected chi connectivity index (χ4v) is 4.94. The Hall–Kier alpha value is -3.21. The Balaban J connectivity index is 1.45. The van der Waals surface area contributed by atoms with Gasteiger partial charge in [0.15, 0.2) is 0 Å². The van der Waals surface area contributed by atoms with Crippen molar-refractivity contribution in [2.45, 2.75) is 11.3 Å². The van der Waals surface area contributed by atoms with E-state index >= 15 is 0 Å². The molecule has 10 heteroatoms. The highest BCUT2D eigenvalue weighted by Crippen LogP contribution is 2.28. The van der Waals surface area contributed by atoms with E-state index in [1.165, 1.54) is 12.3 Å². The number of furan rings is 1. The SMILES string of the molecule is NS(=O)(=O)c1cnccc1NS(=O)(=O)CCc1ccc(-c2cc3ccccc3o2)cc1. The molecule has 0 fully saturated rings. The van der Waals surface area contributed by atoms with E-state index in [4.69, 9.17) is 9.56 Å². The number of nitrogens with one attached hydrogen (secondary N) is 1. The molecular weight excluding hydrogens is 438 g/mol. The third kappa shape index (κ3) is 4.93. The summed E-state index contributed by atoms with van der Waals surface area (Å²) < 4.78 is 56.3. The van der Waals surface area contributed by atoms with Crippen LogP contribution in [0.1, 0.15) is 5.56 Å². The molecule has 0 aliphatic rings. The number of hydrogen-bond donors (Lipinski definition) is 2. The Morgan fingerprint density at radius 1 is 0.968 bits per heavy atom. The van der Waals surface area contributed by atoms with Gasteiger partial charge in [-0.25, -0.2) is 22.0 Å². The van der Waals surface area contributed by atoms with Crippen molar-refractivity contribution in [3.8, 4) is 11.3 Å². The van der Waals surface area contributed by atoms with E-state index in [0.717, 1.165) is 34.1 Å². The van der Waals surface area contributed by atoms with Gasteiger partial charge in [-0.1, -0.05) is 42.5 Å². The third-order valence-electron chi connectivity index (χ3n) is 4.68. The number of aromatic nitrogens is 1. The van der Waals surface area contributed by atoms with E-state index in [-0.39, 0.29) is 22.8 Å². The Morgan fingerprint density at radius 3 is 2.42 bits per heavy atom. The lowest BCUT2D eigenvalue weighted by molar-refractivity contribution is 0.597. The van der Waals surface area contributed by atoms with E-state index in [2.05, 4.69) is 9.71 Å². The number of para-hydroxylation sites is 1. The largest absolute Gasteiger partial charge is 0.456 e. The minimum absolute atomic E-state index is 0.127. The molecule has 2 aromatic heterocycles. The lowest BCUT2D eigenvalue weighted by Gasteiger charge is -2.11. The highest BCUT2D eigenvalue weighted by atomic mass is 32.2. The highest BCUT2D eigenvalue weighted by Gasteiger charge is 2.19. The molecule has 160 valence electrons. The topological polar surface area (TPSA) is 132 Å². The second-order valence-electron chi connectivity index (χ2n) is 6.93. The summed E-state index contributed by atoms with van der Waals surface area (Å²) >= 11 is 0. The Bertz CT molecular complexity index is 1410. The van der Waals surface area contributed by atoms with Crippen LogP contribution in [0.15, 0.2) is 82.4 Å². The van der Waals surface area contributed by atoms with Gasteiger partial charge in [-0.05, 0) is 30.2 Å². The number of anilines is 1. The molecule has 0 radical (unpaired) electrons. The average molecular weight is 458 g/mol. The van der Waals surface area contributed by atoms with Gasteiger partial charge in [0.05, 0.1) is 11.4 Å². The van der Waals surface area contributed by atoms with E-state index < -0.39 is 20.0 Å². The first-order valence-electron chi connectivity index (χ1n) is 9.26. The lowest BCUT2D eigenvalue weighted by atomic mass is 10.1. The first kappa shape index (κ1) is 21.0. The predicted octanol–water partition coefficient (Wildman–Crippen LogP) is 3.13. The number of benzene rings is 2. The van der Waals surface area contributed by atoms with Gasteiger partial charge < -0.3 is 4.42 Å². The molecule has 0 unspecified atom stereocenters. The molecule has 0 bridgehead atoms. The molecule has 0 saturated heterocycles. The molecule has 4 aromatic rings. The molecule has 0 spiro atoms. The standard InChI is InChI=1S/C21H19N3O5S2/c22-31(27,28)21-14-23-11-9-18(21)24-30(25,26)12-10-15-5-7-16(8-6-15)20-13-17-3-1-2-4-19(17)29-20/h1-9,11,13-14H,10,12H2,(H,23,24)(H2,22,27,28). The Labute approximate surface area is 179 Å². The fourth-order valence-electron chi connectivity index (χ4n) is 3.12. The van der Waals surface area contributed by atoms with Gasteiger partial charge in [0.2, 0.25) is 20.0 Å². The molecule has 0 amide bonds. The van der Waals surface area contributed by atoms with Crippen molar-refractivity contribution in [3.63, 3.8) is 0 Å². The Kier molecular flexibility index (Phi) is 5.52. The van der Waals surface area contributed by atoms with Gasteiger partial charge in [0, 0.05) is 23.3 Å². The van der Waals surface area contributed by atoms with Gasteiger partial charge in [-0.2, -0.15) is 0 Å². The van der Waals surface area contributed by atoms with Crippen LogP contribution in [0.3, 0.4) is 0 Å². The van der Waals surface area contributed by atoms with Gasteiger partial charge >= 0.3 is 0 Å². The number of nitrogens with two attached hydrogens (primary N) is 1. The summed E-state index contributed by atoms with van der Waals surface area (Å²) in [6, 6.07) is 18.3. The molecule has 8 nitrogen and oxygen atoms in total. The molecule has 0 aliphatic heterocycles. The first-order valence-corrected chi connectivity index (χ1v) is 12.5. The third-order valence-corrected chi connectivity index (χ3v) is 6.89. The van der Waals surface area contributed by atoms with Crippen LogP contribution in [0.2, 0.25) is 0 Å². The normalized spacial score (nSPS) is 12.2. The van der Waals surface area contributed by atoms with Gasteiger partial charge in [0.25, 0.3) is 0 Å². The number of nitrogens with zero attached hydrogens (tertiary/aromatic N) is 1. The van der Waals surface area contributed by atoms with Crippen molar-refractivity contribution in [3.05, 3.63) is 78.6 Å². The molecule has 2 aromatic carbocycles. The van der Waals surface area contributed by atoms with Crippen molar-refractivity contribution >= 4 is 36.7 Å². The summed E-state index contributed by atoms with van der Waals surface area (Å²) in [7, 11) is -7.92. The van der Waals surface area contributed by atoms with Crippen LogP contribution in [0.25, 0.3) is 22.3 Å². The van der Waals surface area contributed by atoms with E-state index in [1.807, 2.05) is 54.6 Å². The van der Waals surface area contributed by atoms with Gasteiger partial charge in [-0.15, -0.1) is 0 Å². The van der Waals surface area contributed by atoms with Crippen LogP contribution in [0.4, 0.5) is 5.69 Å². The summed E-state index contributed by atoms with van der Waals surface area (Å²) in [5, 5.41) is 6.13.